The third-order valence-electron chi connectivity index (χ3n) is 11.6. The van der Waals surface area contributed by atoms with Gasteiger partial charge in [-0.3, -0.25) is 13.7 Å². The Morgan fingerprint density at radius 2 is 1.35 bits per heavy atom. The summed E-state index contributed by atoms with van der Waals surface area (Å²) in [5, 5.41) is 39.2. The topological polar surface area (TPSA) is 285 Å². The normalized spacial score (nSPS) is 16.7. The van der Waals surface area contributed by atoms with Gasteiger partial charge in [-0.05, 0) is 91.9 Å². The van der Waals surface area contributed by atoms with E-state index in [1.54, 1.807) is 42.5 Å². The summed E-state index contributed by atoms with van der Waals surface area (Å²) >= 11 is 2.05. The van der Waals surface area contributed by atoms with E-state index in [0.717, 1.165) is 34.7 Å². The van der Waals surface area contributed by atoms with Gasteiger partial charge in [0.15, 0.2) is 5.71 Å². The minimum absolute atomic E-state index is 0.144. The Hall–Kier alpha value is -3.75. The van der Waals surface area contributed by atoms with E-state index >= 15 is 0 Å². The van der Waals surface area contributed by atoms with Crippen molar-refractivity contribution >= 4 is 105 Å². The summed E-state index contributed by atoms with van der Waals surface area (Å²) in [5.41, 5.74) is 2.84. The number of anilines is 1. The Kier molecular flexibility index (Phi) is 18.0. The molecule has 6 rings (SSSR count). The second-order valence-electron chi connectivity index (χ2n) is 16.6. The Bertz CT molecular complexity index is 3080. The molecular weight excluding hydrogens is 1020 g/mol. The van der Waals surface area contributed by atoms with Gasteiger partial charge in [-0.25, -0.2) is 15.8 Å². The van der Waals surface area contributed by atoms with E-state index < -0.39 is 51.8 Å². The highest BCUT2D eigenvalue weighted by molar-refractivity contribution is 7.95. The van der Waals surface area contributed by atoms with Crippen molar-refractivity contribution < 1.29 is 87.4 Å². The average Bonchev–Trinajstić information content (AvgIpc) is 3.63. The molecule has 0 unspecified atom stereocenters. The zero-order valence-corrected chi connectivity index (χ0v) is 42.1. The number of nitrogens with zero attached hydrogens (tertiary/aromatic N) is 2. The Labute approximate surface area is 411 Å². The molecule has 0 atom stereocenters. The minimum Gasteiger partial charge on any atom is -0.344 e. The van der Waals surface area contributed by atoms with Crippen LogP contribution in [0.3, 0.4) is 0 Å². The lowest BCUT2D eigenvalue weighted by molar-refractivity contribution is -0.438. The van der Waals surface area contributed by atoms with Crippen molar-refractivity contribution in [3.05, 3.63) is 108 Å². The summed E-state index contributed by atoms with van der Waals surface area (Å²) < 4.78 is 119. The summed E-state index contributed by atoms with van der Waals surface area (Å²) in [7, 11) is -13.7. The van der Waals surface area contributed by atoms with Gasteiger partial charge >= 0.3 is 0 Å². The molecule has 2 aliphatic heterocycles. The number of hydrogen-bond donors (Lipinski definition) is 6. The average molecular weight is 1070 g/mol. The molecule has 4 aromatic carbocycles. The molecule has 0 amide bonds. The van der Waals surface area contributed by atoms with Crippen LogP contribution in [0, 0.1) is 0 Å². The lowest BCUT2D eigenvalue weighted by Gasteiger charge is -2.27. The van der Waals surface area contributed by atoms with Crippen molar-refractivity contribution in [3.8, 4) is 0 Å². The van der Waals surface area contributed by atoms with Gasteiger partial charge in [0.2, 0.25) is 5.69 Å². The van der Waals surface area contributed by atoms with Gasteiger partial charge in [0, 0.05) is 85.8 Å². The van der Waals surface area contributed by atoms with E-state index in [4.69, 9.17) is 20.1 Å². The second-order valence-corrected chi connectivity index (χ2v) is 23.3. The first-order valence-corrected chi connectivity index (χ1v) is 27.6. The highest BCUT2D eigenvalue weighted by atomic mass is 32.2. The number of fused-ring (bicyclic) bond motifs is 6. The Balaban J connectivity index is 1.36. The molecule has 0 aliphatic carbocycles. The third-order valence-corrected chi connectivity index (χ3v) is 15.9. The highest BCUT2D eigenvalue weighted by Gasteiger charge is 2.47. The van der Waals surface area contributed by atoms with Gasteiger partial charge in [0.25, 0.3) is 30.4 Å². The molecule has 374 valence electrons. The quantitative estimate of drug-likeness (QED) is 0.00724. The smallest absolute Gasteiger partial charge is 0.295 e. The summed E-state index contributed by atoms with van der Waals surface area (Å²) in [6, 6.07) is 12.5. The maximum absolute atomic E-state index is 12.9. The van der Waals surface area contributed by atoms with Crippen LogP contribution in [-0.2, 0) is 69.3 Å². The van der Waals surface area contributed by atoms with Gasteiger partial charge in [-0.1, -0.05) is 65.4 Å². The fraction of sp³-hybridized carbons (Fsp3) is 0.326. The molecule has 69 heavy (non-hydrogen) atoms. The molecule has 26 heteroatoms. The minimum atomic E-state index is -4.82. The highest BCUT2D eigenvalue weighted by Crippen LogP contribution is 2.53. The second kappa shape index (κ2) is 22.8. The summed E-state index contributed by atoms with van der Waals surface area (Å²) in [6.07, 6.45) is 14.7. The zero-order valence-electron chi connectivity index (χ0n) is 37.2. The lowest BCUT2D eigenvalue weighted by Crippen LogP contribution is -2.28. The van der Waals surface area contributed by atoms with E-state index in [1.807, 2.05) is 62.6 Å². The van der Waals surface area contributed by atoms with E-state index in [-0.39, 0.29) is 26.5 Å². The molecule has 0 fully saturated rings. The molecule has 0 radical (unpaired) electrons. The summed E-state index contributed by atoms with van der Waals surface area (Å²) in [4.78, 5) is 1.83. The third kappa shape index (κ3) is 12.7. The van der Waals surface area contributed by atoms with E-state index in [0.29, 0.717) is 89.6 Å². The van der Waals surface area contributed by atoms with Crippen molar-refractivity contribution in [3.63, 3.8) is 0 Å². The molecule has 0 saturated heterocycles. The van der Waals surface area contributed by atoms with Crippen molar-refractivity contribution in [2.75, 3.05) is 29.5 Å². The number of hydrogen-bond acceptors (Lipinski definition) is 19. The molecule has 2 aliphatic rings. The monoisotopic (exact) mass is 1070 g/mol. The van der Waals surface area contributed by atoms with Gasteiger partial charge in [-0.15, -0.1) is 13.0 Å². The molecule has 2 heterocycles. The van der Waals surface area contributed by atoms with Gasteiger partial charge in [0.1, 0.15) is 11.4 Å². The first kappa shape index (κ1) is 54.6. The zero-order chi connectivity index (χ0) is 50.4. The van der Waals surface area contributed by atoms with Crippen molar-refractivity contribution in [1.29, 1.82) is 0 Å². The number of allylic oxidation sites excluding steroid dienone is 8. The standard InChI is InChI=1S/C43H48N2O18S6/c1-42(2)36(44(20-10-12-22-64-61-58-46)32-19-17-29-25-31(68(52,53)54)27-34(66-63-60-48)38(29)40(32)42)14-8-6-5-7-9-15-37-43(3,4)41-33(45(37)21-11-13-23-67(49,50)51)18-16-28-24-30(65-62-59-47)26-35(39(28)41)69(55,56)57/h5-9,14-19,24-27H,10-13,20-23H2,1-4H3,(H5-,46,47,48,49,50,51,52,53,54,55,56,57)/p+1. The van der Waals surface area contributed by atoms with Crippen LogP contribution in [-0.4, -0.2) is 89.6 Å². The first-order valence-electron chi connectivity index (χ1n) is 20.7. The summed E-state index contributed by atoms with van der Waals surface area (Å²) in [6.45, 7) is 8.64. The first-order chi connectivity index (χ1) is 32.6. The molecule has 0 spiro atoms. The van der Waals surface area contributed by atoms with Crippen LogP contribution in [0.25, 0.3) is 21.5 Å². The van der Waals surface area contributed by atoms with Crippen LogP contribution in [0.1, 0.15) is 64.5 Å². The number of unbranched alkanes of at least 4 members (excludes halogenated alkanes) is 2. The van der Waals surface area contributed by atoms with Crippen molar-refractivity contribution in [2.45, 2.75) is 83.8 Å². The van der Waals surface area contributed by atoms with Crippen LogP contribution >= 0.6 is 36.1 Å². The fourth-order valence-electron chi connectivity index (χ4n) is 8.86. The van der Waals surface area contributed by atoms with Crippen LogP contribution < -0.4 is 4.90 Å². The largest absolute Gasteiger partial charge is 0.344 e. The predicted octanol–water partition coefficient (Wildman–Crippen LogP) is 9.59. The van der Waals surface area contributed by atoms with E-state index in [9.17, 15) is 38.9 Å². The SMILES string of the molecule is CC1(C)C(=CC=CC=CC=CC2=[N+](CCCCS(=O)(=O)O)c3ccc4cc(SOOO)cc(S(=O)(=O)O)c4c3C2(C)C)N(CCCCSOOO)c2ccc3cc(S(=O)(=O)O)cc(SOOO)c3c21. The maximum Gasteiger partial charge on any atom is 0.295 e. The van der Waals surface area contributed by atoms with Crippen LogP contribution in [0.4, 0.5) is 11.4 Å². The van der Waals surface area contributed by atoms with Crippen LogP contribution in [0.2, 0.25) is 0 Å². The number of benzene rings is 4. The summed E-state index contributed by atoms with van der Waals surface area (Å²) in [5.74, 6) is 0.0741. The molecule has 0 bridgehead atoms. The van der Waals surface area contributed by atoms with Gasteiger partial charge in [-0.2, -0.15) is 29.8 Å². The fourth-order valence-corrected chi connectivity index (χ4v) is 12.3. The van der Waals surface area contributed by atoms with E-state index in [1.165, 1.54) is 18.2 Å². The molecule has 0 aromatic heterocycles. The number of rotatable bonds is 24. The maximum atomic E-state index is 12.9. The molecule has 6 N–H and O–H groups in total. The molecule has 4 aromatic rings. The van der Waals surface area contributed by atoms with Crippen molar-refractivity contribution in [1.82, 2.24) is 0 Å². The van der Waals surface area contributed by atoms with Crippen molar-refractivity contribution in [2.24, 2.45) is 0 Å². The molecule has 0 saturated carbocycles. The Morgan fingerprint density at radius 1 is 0.681 bits per heavy atom. The van der Waals surface area contributed by atoms with Crippen LogP contribution in [0.15, 0.2) is 116 Å². The molecular formula is C43H49N2O18S6+. The van der Waals surface area contributed by atoms with Gasteiger partial charge in [0.05, 0.1) is 40.1 Å². The Morgan fingerprint density at radius 3 is 2.03 bits per heavy atom. The predicted molar refractivity (Wildman–Crippen MR) is 260 cm³/mol. The molecule has 20 nitrogen and oxygen atoms in total. The van der Waals surface area contributed by atoms with Gasteiger partial charge < -0.3 is 4.90 Å². The lowest BCUT2D eigenvalue weighted by atomic mass is 9.79. The van der Waals surface area contributed by atoms with Crippen LogP contribution in [0.5, 0.6) is 0 Å². The van der Waals surface area contributed by atoms with E-state index in [2.05, 4.69) is 28.7 Å².